The standard InChI is InChI=1S/C17H20N2O2/c1-4-21-15-7-5-6-14(18)16(15)17(20)19-13-9-11(2)8-12(3)10-13/h5-10H,4,18H2,1-3H3,(H,19,20). The summed E-state index contributed by atoms with van der Waals surface area (Å²) in [6, 6.07) is 11.1. The van der Waals surface area contributed by atoms with Gasteiger partial charge in [0.25, 0.3) is 5.91 Å². The fourth-order valence-corrected chi connectivity index (χ4v) is 2.31. The van der Waals surface area contributed by atoms with Crippen LogP contribution in [-0.4, -0.2) is 12.5 Å². The molecule has 3 N–H and O–H groups in total. The van der Waals surface area contributed by atoms with Gasteiger partial charge in [-0.2, -0.15) is 0 Å². The zero-order valence-corrected chi connectivity index (χ0v) is 12.6. The molecule has 0 saturated carbocycles. The van der Waals surface area contributed by atoms with Gasteiger partial charge in [0, 0.05) is 11.4 Å². The number of carbonyl (C=O) groups is 1. The topological polar surface area (TPSA) is 64.3 Å². The number of aryl methyl sites for hydroxylation is 2. The maximum absolute atomic E-state index is 12.5. The van der Waals surface area contributed by atoms with E-state index in [4.69, 9.17) is 10.5 Å². The lowest BCUT2D eigenvalue weighted by atomic mass is 10.1. The lowest BCUT2D eigenvalue weighted by Gasteiger charge is -2.13. The van der Waals surface area contributed by atoms with Gasteiger partial charge in [0.1, 0.15) is 11.3 Å². The van der Waals surface area contributed by atoms with Crippen molar-refractivity contribution in [2.24, 2.45) is 0 Å². The van der Waals surface area contributed by atoms with Crippen molar-refractivity contribution in [1.82, 2.24) is 0 Å². The minimum atomic E-state index is -0.262. The number of hydrogen-bond donors (Lipinski definition) is 2. The third-order valence-electron chi connectivity index (χ3n) is 3.06. The Hall–Kier alpha value is -2.49. The normalized spacial score (nSPS) is 10.2. The molecule has 1 amide bonds. The van der Waals surface area contributed by atoms with Gasteiger partial charge < -0.3 is 15.8 Å². The second-order valence-corrected chi connectivity index (χ2v) is 4.98. The highest BCUT2D eigenvalue weighted by molar-refractivity contribution is 6.09. The van der Waals surface area contributed by atoms with Crippen molar-refractivity contribution in [3.63, 3.8) is 0 Å². The number of anilines is 2. The van der Waals surface area contributed by atoms with E-state index in [2.05, 4.69) is 11.4 Å². The Labute approximate surface area is 124 Å². The van der Waals surface area contributed by atoms with Crippen LogP contribution >= 0.6 is 0 Å². The molecule has 110 valence electrons. The van der Waals surface area contributed by atoms with Crippen LogP contribution in [0.2, 0.25) is 0 Å². The summed E-state index contributed by atoms with van der Waals surface area (Å²) in [5.74, 6) is 0.237. The third kappa shape index (κ3) is 3.54. The van der Waals surface area contributed by atoms with E-state index in [-0.39, 0.29) is 5.91 Å². The summed E-state index contributed by atoms with van der Waals surface area (Å²) in [5, 5.41) is 2.88. The molecule has 4 heteroatoms. The average molecular weight is 284 g/mol. The van der Waals surface area contributed by atoms with Crippen LogP contribution < -0.4 is 15.8 Å². The Morgan fingerprint density at radius 3 is 2.48 bits per heavy atom. The molecule has 0 bridgehead atoms. The highest BCUT2D eigenvalue weighted by atomic mass is 16.5. The van der Waals surface area contributed by atoms with E-state index in [0.29, 0.717) is 23.6 Å². The van der Waals surface area contributed by atoms with Crippen LogP contribution in [0, 0.1) is 13.8 Å². The Morgan fingerprint density at radius 1 is 1.19 bits per heavy atom. The second-order valence-electron chi connectivity index (χ2n) is 4.98. The summed E-state index contributed by atoms with van der Waals surface area (Å²) in [6.07, 6.45) is 0. The Kier molecular flexibility index (Phi) is 4.48. The zero-order chi connectivity index (χ0) is 15.4. The van der Waals surface area contributed by atoms with Crippen molar-refractivity contribution in [3.05, 3.63) is 53.1 Å². The fraction of sp³-hybridized carbons (Fsp3) is 0.235. The van der Waals surface area contributed by atoms with Gasteiger partial charge in [-0.25, -0.2) is 0 Å². The third-order valence-corrected chi connectivity index (χ3v) is 3.06. The molecule has 4 nitrogen and oxygen atoms in total. The number of rotatable bonds is 4. The van der Waals surface area contributed by atoms with Crippen LogP contribution in [0.4, 0.5) is 11.4 Å². The van der Waals surface area contributed by atoms with E-state index in [1.54, 1.807) is 18.2 Å². The highest BCUT2D eigenvalue weighted by Crippen LogP contribution is 2.26. The van der Waals surface area contributed by atoms with Gasteiger partial charge in [0.2, 0.25) is 0 Å². The lowest BCUT2D eigenvalue weighted by molar-refractivity contribution is 0.102. The second kappa shape index (κ2) is 6.31. The maximum atomic E-state index is 12.5. The van der Waals surface area contributed by atoms with E-state index in [1.165, 1.54) is 0 Å². The molecule has 2 rings (SSSR count). The first kappa shape index (κ1) is 14.9. The summed E-state index contributed by atoms with van der Waals surface area (Å²) >= 11 is 0. The van der Waals surface area contributed by atoms with Crippen molar-refractivity contribution in [1.29, 1.82) is 0 Å². The van der Waals surface area contributed by atoms with Gasteiger partial charge >= 0.3 is 0 Å². The molecule has 2 aromatic carbocycles. The number of carbonyl (C=O) groups excluding carboxylic acids is 1. The molecule has 0 aliphatic carbocycles. The Balaban J connectivity index is 2.32. The van der Waals surface area contributed by atoms with E-state index < -0.39 is 0 Å². The molecule has 2 aromatic rings. The molecular weight excluding hydrogens is 264 g/mol. The monoisotopic (exact) mass is 284 g/mol. The van der Waals surface area contributed by atoms with Gasteiger partial charge in [-0.15, -0.1) is 0 Å². The molecule has 0 fully saturated rings. The minimum Gasteiger partial charge on any atom is -0.493 e. The number of hydrogen-bond acceptors (Lipinski definition) is 3. The van der Waals surface area contributed by atoms with Crippen molar-refractivity contribution in [2.75, 3.05) is 17.7 Å². The van der Waals surface area contributed by atoms with Crippen LogP contribution in [0.25, 0.3) is 0 Å². The molecule has 0 atom stereocenters. The summed E-state index contributed by atoms with van der Waals surface area (Å²) in [5.41, 5.74) is 9.64. The summed E-state index contributed by atoms with van der Waals surface area (Å²) in [7, 11) is 0. The molecule has 0 aromatic heterocycles. The number of nitrogens with one attached hydrogen (secondary N) is 1. The largest absolute Gasteiger partial charge is 0.493 e. The predicted molar refractivity (Wildman–Crippen MR) is 85.9 cm³/mol. The Morgan fingerprint density at radius 2 is 1.86 bits per heavy atom. The van der Waals surface area contributed by atoms with E-state index in [0.717, 1.165) is 16.8 Å². The molecule has 0 saturated heterocycles. The molecular formula is C17H20N2O2. The van der Waals surface area contributed by atoms with E-state index >= 15 is 0 Å². The van der Waals surface area contributed by atoms with Crippen molar-refractivity contribution >= 4 is 17.3 Å². The number of benzene rings is 2. The SMILES string of the molecule is CCOc1cccc(N)c1C(=O)Nc1cc(C)cc(C)c1. The number of amides is 1. The van der Waals surface area contributed by atoms with Crippen LogP contribution in [0.5, 0.6) is 5.75 Å². The molecule has 0 aliphatic rings. The van der Waals surface area contributed by atoms with Crippen molar-refractivity contribution < 1.29 is 9.53 Å². The van der Waals surface area contributed by atoms with Crippen molar-refractivity contribution in [2.45, 2.75) is 20.8 Å². The van der Waals surface area contributed by atoms with Crippen LogP contribution in [0.3, 0.4) is 0 Å². The zero-order valence-electron chi connectivity index (χ0n) is 12.6. The number of nitrogens with two attached hydrogens (primary N) is 1. The van der Waals surface area contributed by atoms with Crippen molar-refractivity contribution in [3.8, 4) is 5.75 Å². The number of ether oxygens (including phenoxy) is 1. The van der Waals surface area contributed by atoms with Crippen LogP contribution in [-0.2, 0) is 0 Å². The average Bonchev–Trinajstić information content (AvgIpc) is 2.37. The van der Waals surface area contributed by atoms with E-state index in [1.807, 2.05) is 32.9 Å². The summed E-state index contributed by atoms with van der Waals surface area (Å²) < 4.78 is 5.48. The van der Waals surface area contributed by atoms with Crippen LogP contribution in [0.1, 0.15) is 28.4 Å². The quantitative estimate of drug-likeness (QED) is 0.844. The van der Waals surface area contributed by atoms with E-state index in [9.17, 15) is 4.79 Å². The number of nitrogen functional groups attached to an aromatic ring is 1. The first-order valence-electron chi connectivity index (χ1n) is 6.92. The molecule has 21 heavy (non-hydrogen) atoms. The molecule has 0 heterocycles. The lowest BCUT2D eigenvalue weighted by Crippen LogP contribution is -2.16. The van der Waals surface area contributed by atoms with Gasteiger partial charge in [-0.05, 0) is 56.2 Å². The van der Waals surface area contributed by atoms with Gasteiger partial charge in [0.05, 0.1) is 6.61 Å². The molecule has 0 unspecified atom stereocenters. The molecule has 0 radical (unpaired) electrons. The summed E-state index contributed by atoms with van der Waals surface area (Å²) in [6.45, 7) is 6.33. The Bertz CT molecular complexity index is 646. The smallest absolute Gasteiger partial charge is 0.261 e. The fourth-order valence-electron chi connectivity index (χ4n) is 2.31. The maximum Gasteiger partial charge on any atom is 0.261 e. The highest BCUT2D eigenvalue weighted by Gasteiger charge is 2.16. The first-order valence-corrected chi connectivity index (χ1v) is 6.92. The van der Waals surface area contributed by atoms with Gasteiger partial charge in [-0.3, -0.25) is 4.79 Å². The van der Waals surface area contributed by atoms with Crippen LogP contribution in [0.15, 0.2) is 36.4 Å². The summed E-state index contributed by atoms with van der Waals surface area (Å²) in [4.78, 5) is 12.5. The molecule has 0 spiro atoms. The molecule has 0 aliphatic heterocycles. The van der Waals surface area contributed by atoms with Gasteiger partial charge in [-0.1, -0.05) is 12.1 Å². The minimum absolute atomic E-state index is 0.262. The predicted octanol–water partition coefficient (Wildman–Crippen LogP) is 3.54. The first-order chi connectivity index (χ1) is 10.0. The van der Waals surface area contributed by atoms with Gasteiger partial charge in [0.15, 0.2) is 0 Å².